The van der Waals surface area contributed by atoms with Gasteiger partial charge in [-0.05, 0) is 56.5 Å². The van der Waals surface area contributed by atoms with Crippen molar-refractivity contribution in [2.45, 2.75) is 63.5 Å². The number of nitrogens with zero attached hydrogens (tertiary/aromatic N) is 1. The monoisotopic (exact) mass is 343 g/mol. The number of benzene rings is 1. The zero-order valence-electron chi connectivity index (χ0n) is 14.9. The molecule has 0 atom stereocenters. The average Bonchev–Trinajstić information content (AvgIpc) is 2.93. The fourth-order valence-corrected chi connectivity index (χ4v) is 4.06. The second kappa shape index (κ2) is 8.00. The quantitative estimate of drug-likeness (QED) is 0.863. The fourth-order valence-electron chi connectivity index (χ4n) is 4.06. The molecule has 3 rings (SSSR count). The molecule has 1 aliphatic carbocycles. The maximum absolute atomic E-state index is 12.7. The van der Waals surface area contributed by atoms with Crippen molar-refractivity contribution in [3.63, 3.8) is 0 Å². The molecule has 0 spiro atoms. The van der Waals surface area contributed by atoms with Gasteiger partial charge in [-0.2, -0.15) is 0 Å². The molecule has 136 valence electrons. The lowest BCUT2D eigenvalue weighted by molar-refractivity contribution is -0.123. The predicted molar refractivity (Wildman–Crippen MR) is 98.0 cm³/mol. The highest BCUT2D eigenvalue weighted by Gasteiger charge is 2.41. The van der Waals surface area contributed by atoms with E-state index in [2.05, 4.69) is 16.3 Å². The van der Waals surface area contributed by atoms with Gasteiger partial charge in [0.15, 0.2) is 0 Å². The molecular formula is C20H29N3O2. The van der Waals surface area contributed by atoms with Crippen LogP contribution in [-0.2, 0) is 11.3 Å². The van der Waals surface area contributed by atoms with E-state index in [1.807, 2.05) is 18.2 Å². The van der Waals surface area contributed by atoms with Crippen LogP contribution in [0.2, 0.25) is 0 Å². The number of carbonyl (C=O) groups excluding carboxylic acids is 2. The van der Waals surface area contributed by atoms with Crippen LogP contribution >= 0.6 is 0 Å². The Morgan fingerprint density at radius 3 is 2.36 bits per heavy atom. The Bertz CT molecular complexity index is 615. The molecule has 1 saturated carbocycles. The number of hydrogen-bond acceptors (Lipinski definition) is 3. The van der Waals surface area contributed by atoms with E-state index < -0.39 is 11.4 Å². The Balaban J connectivity index is 1.67. The maximum atomic E-state index is 12.7. The van der Waals surface area contributed by atoms with Crippen LogP contribution in [0.25, 0.3) is 0 Å². The number of hydrogen-bond donors (Lipinski definition) is 2. The van der Waals surface area contributed by atoms with E-state index in [0.717, 1.165) is 38.0 Å². The van der Waals surface area contributed by atoms with Crippen LogP contribution in [0.4, 0.5) is 0 Å². The minimum Gasteiger partial charge on any atom is -0.368 e. The lowest BCUT2D eigenvalue weighted by Gasteiger charge is -2.26. The number of primary amides is 1. The summed E-state index contributed by atoms with van der Waals surface area (Å²) >= 11 is 0. The molecule has 5 heteroatoms. The Morgan fingerprint density at radius 2 is 1.72 bits per heavy atom. The Labute approximate surface area is 150 Å². The summed E-state index contributed by atoms with van der Waals surface area (Å²) in [5.74, 6) is -0.613. The number of carbonyl (C=O) groups is 2. The van der Waals surface area contributed by atoms with E-state index in [1.54, 1.807) is 0 Å². The van der Waals surface area contributed by atoms with E-state index in [-0.39, 0.29) is 5.91 Å². The highest BCUT2D eigenvalue weighted by atomic mass is 16.2. The van der Waals surface area contributed by atoms with Gasteiger partial charge in [-0.25, -0.2) is 0 Å². The van der Waals surface area contributed by atoms with Gasteiger partial charge >= 0.3 is 0 Å². The molecule has 1 aromatic carbocycles. The molecule has 2 amide bonds. The summed E-state index contributed by atoms with van der Waals surface area (Å²) in [5, 5.41) is 2.92. The molecule has 0 aromatic heterocycles. The molecule has 1 heterocycles. The van der Waals surface area contributed by atoms with Gasteiger partial charge in [0.05, 0.1) is 0 Å². The molecule has 2 fully saturated rings. The summed E-state index contributed by atoms with van der Waals surface area (Å²) in [5.41, 5.74) is 6.46. The van der Waals surface area contributed by atoms with Gasteiger partial charge in [0, 0.05) is 12.1 Å². The predicted octanol–water partition coefficient (Wildman–Crippen LogP) is 2.59. The topological polar surface area (TPSA) is 75.4 Å². The second-order valence-electron chi connectivity index (χ2n) is 7.50. The normalized spacial score (nSPS) is 20.8. The first-order valence-electron chi connectivity index (χ1n) is 9.53. The average molecular weight is 343 g/mol. The zero-order chi connectivity index (χ0) is 17.7. The van der Waals surface area contributed by atoms with Crippen molar-refractivity contribution in [2.75, 3.05) is 13.1 Å². The Hall–Kier alpha value is -1.88. The third-order valence-electron chi connectivity index (χ3n) is 5.58. The zero-order valence-corrected chi connectivity index (χ0v) is 14.9. The summed E-state index contributed by atoms with van der Waals surface area (Å²) < 4.78 is 0. The summed E-state index contributed by atoms with van der Waals surface area (Å²) in [6, 6.07) is 7.75. The van der Waals surface area contributed by atoms with E-state index in [0.29, 0.717) is 18.4 Å². The standard InChI is InChI=1S/C20H29N3O2/c21-19(25)20(10-3-4-11-20)22-18(24)17-9-7-8-16(14-17)15-23-12-5-1-2-6-13-23/h7-9,14H,1-6,10-13,15H2,(H2,21,25)(H,22,24). The van der Waals surface area contributed by atoms with Gasteiger partial charge in [0.1, 0.15) is 5.54 Å². The molecule has 5 nitrogen and oxygen atoms in total. The lowest BCUT2D eigenvalue weighted by atomic mass is 9.96. The van der Waals surface area contributed by atoms with Crippen LogP contribution in [0.1, 0.15) is 67.3 Å². The molecule has 0 radical (unpaired) electrons. The number of likely N-dealkylation sites (tertiary alicyclic amines) is 1. The maximum Gasteiger partial charge on any atom is 0.252 e. The number of rotatable bonds is 5. The van der Waals surface area contributed by atoms with Crippen molar-refractivity contribution < 1.29 is 9.59 Å². The fraction of sp³-hybridized carbons (Fsp3) is 0.600. The summed E-state index contributed by atoms with van der Waals surface area (Å²) in [6.45, 7) is 3.13. The first-order valence-corrected chi connectivity index (χ1v) is 9.53. The van der Waals surface area contributed by atoms with Crippen molar-refractivity contribution >= 4 is 11.8 Å². The molecule has 2 aliphatic rings. The van der Waals surface area contributed by atoms with Crippen LogP contribution in [-0.4, -0.2) is 35.3 Å². The lowest BCUT2D eigenvalue weighted by Crippen LogP contribution is -2.55. The van der Waals surface area contributed by atoms with Gasteiger partial charge in [-0.15, -0.1) is 0 Å². The van der Waals surface area contributed by atoms with Crippen molar-refractivity contribution in [3.05, 3.63) is 35.4 Å². The Kier molecular flexibility index (Phi) is 5.74. The van der Waals surface area contributed by atoms with Crippen molar-refractivity contribution in [3.8, 4) is 0 Å². The van der Waals surface area contributed by atoms with Crippen LogP contribution in [0, 0.1) is 0 Å². The van der Waals surface area contributed by atoms with Crippen LogP contribution < -0.4 is 11.1 Å². The van der Waals surface area contributed by atoms with Crippen LogP contribution in [0.5, 0.6) is 0 Å². The molecular weight excluding hydrogens is 314 g/mol. The van der Waals surface area contributed by atoms with Crippen LogP contribution in [0.3, 0.4) is 0 Å². The van der Waals surface area contributed by atoms with Gasteiger partial charge in [0.25, 0.3) is 5.91 Å². The van der Waals surface area contributed by atoms with Gasteiger partial charge in [-0.1, -0.05) is 37.8 Å². The van der Waals surface area contributed by atoms with Crippen molar-refractivity contribution in [1.29, 1.82) is 0 Å². The minimum absolute atomic E-state index is 0.196. The highest BCUT2D eigenvalue weighted by molar-refractivity contribution is 5.99. The number of nitrogens with one attached hydrogen (secondary N) is 1. The summed E-state index contributed by atoms with van der Waals surface area (Å²) in [6.07, 6.45) is 8.27. The number of amides is 2. The third-order valence-corrected chi connectivity index (χ3v) is 5.58. The SMILES string of the molecule is NC(=O)C1(NC(=O)c2cccc(CN3CCCCCC3)c2)CCCC1. The first kappa shape index (κ1) is 17.9. The van der Waals surface area contributed by atoms with E-state index >= 15 is 0 Å². The molecule has 1 aromatic rings. The Morgan fingerprint density at radius 1 is 1.04 bits per heavy atom. The van der Waals surface area contributed by atoms with E-state index in [4.69, 9.17) is 5.73 Å². The molecule has 3 N–H and O–H groups in total. The van der Waals surface area contributed by atoms with Gasteiger partial charge < -0.3 is 11.1 Å². The van der Waals surface area contributed by atoms with Crippen LogP contribution in [0.15, 0.2) is 24.3 Å². The molecule has 25 heavy (non-hydrogen) atoms. The number of nitrogens with two attached hydrogens (primary N) is 1. The van der Waals surface area contributed by atoms with E-state index in [9.17, 15) is 9.59 Å². The highest BCUT2D eigenvalue weighted by Crippen LogP contribution is 2.29. The third kappa shape index (κ3) is 4.40. The summed E-state index contributed by atoms with van der Waals surface area (Å²) in [7, 11) is 0. The van der Waals surface area contributed by atoms with E-state index in [1.165, 1.54) is 25.7 Å². The molecule has 0 bridgehead atoms. The summed E-state index contributed by atoms with van der Waals surface area (Å²) in [4.78, 5) is 27.0. The molecule has 1 saturated heterocycles. The largest absolute Gasteiger partial charge is 0.368 e. The molecule has 0 unspecified atom stereocenters. The smallest absolute Gasteiger partial charge is 0.252 e. The second-order valence-corrected chi connectivity index (χ2v) is 7.50. The minimum atomic E-state index is -0.863. The van der Waals surface area contributed by atoms with Gasteiger partial charge in [0.2, 0.25) is 5.91 Å². The van der Waals surface area contributed by atoms with Crippen molar-refractivity contribution in [1.82, 2.24) is 10.2 Å². The molecule has 1 aliphatic heterocycles. The van der Waals surface area contributed by atoms with Crippen molar-refractivity contribution in [2.24, 2.45) is 5.73 Å². The van der Waals surface area contributed by atoms with Gasteiger partial charge in [-0.3, -0.25) is 14.5 Å². The first-order chi connectivity index (χ1) is 12.1.